The van der Waals surface area contributed by atoms with Crippen LogP contribution in [-0.2, 0) is 0 Å². The Kier molecular flexibility index (Phi) is 6.11. The van der Waals surface area contributed by atoms with Crippen molar-refractivity contribution in [2.24, 2.45) is 0 Å². The first-order chi connectivity index (χ1) is 13.0. The predicted octanol–water partition coefficient (Wildman–Crippen LogP) is 4.10. The lowest BCUT2D eigenvalue weighted by Crippen LogP contribution is -2.48. The first kappa shape index (κ1) is 19.4. The van der Waals surface area contributed by atoms with Crippen LogP contribution < -0.4 is 14.4 Å². The number of hydrogen-bond donors (Lipinski definition) is 0. The van der Waals surface area contributed by atoms with E-state index in [9.17, 15) is 4.79 Å². The van der Waals surface area contributed by atoms with E-state index in [4.69, 9.17) is 21.1 Å². The number of ether oxygens (including phenoxy) is 2. The number of hydrogen-bond acceptors (Lipinski definition) is 4. The van der Waals surface area contributed by atoms with Gasteiger partial charge in [-0.25, -0.2) is 0 Å². The number of amides is 1. The van der Waals surface area contributed by atoms with Gasteiger partial charge >= 0.3 is 0 Å². The molecule has 0 aromatic heterocycles. The molecule has 1 heterocycles. The zero-order valence-electron chi connectivity index (χ0n) is 15.9. The number of rotatable bonds is 5. The van der Waals surface area contributed by atoms with Crippen LogP contribution in [0.5, 0.6) is 11.5 Å². The average molecular weight is 389 g/mol. The first-order valence-electron chi connectivity index (χ1n) is 9.13. The monoisotopic (exact) mass is 388 g/mol. The lowest BCUT2D eigenvalue weighted by Gasteiger charge is -2.36. The zero-order chi connectivity index (χ0) is 19.4. The molecule has 1 fully saturated rings. The fraction of sp³-hybridized carbons (Fsp3) is 0.381. The number of carbonyl (C=O) groups excluding carboxylic acids is 1. The van der Waals surface area contributed by atoms with Crippen molar-refractivity contribution in [3.63, 3.8) is 0 Å². The summed E-state index contributed by atoms with van der Waals surface area (Å²) in [4.78, 5) is 17.1. The standard InChI is InChI=1S/C21H25ClN2O3/c1-15(2)27-20-18(22)13-16(14-19(20)26-3)21(25)24-11-9-23(10-12-24)17-7-5-4-6-8-17/h4-8,13-15H,9-12H2,1-3H3. The Labute approximate surface area is 165 Å². The largest absolute Gasteiger partial charge is 0.493 e. The molecular weight excluding hydrogens is 364 g/mol. The summed E-state index contributed by atoms with van der Waals surface area (Å²) >= 11 is 6.36. The summed E-state index contributed by atoms with van der Waals surface area (Å²) in [6.45, 7) is 6.77. The van der Waals surface area contributed by atoms with E-state index < -0.39 is 0 Å². The van der Waals surface area contributed by atoms with Crippen molar-refractivity contribution < 1.29 is 14.3 Å². The van der Waals surface area contributed by atoms with E-state index in [0.717, 1.165) is 13.1 Å². The number of para-hydroxylation sites is 1. The van der Waals surface area contributed by atoms with Crippen LogP contribution in [0.15, 0.2) is 42.5 Å². The van der Waals surface area contributed by atoms with E-state index in [2.05, 4.69) is 17.0 Å². The van der Waals surface area contributed by atoms with Crippen LogP contribution in [0.2, 0.25) is 5.02 Å². The van der Waals surface area contributed by atoms with E-state index in [1.807, 2.05) is 36.9 Å². The van der Waals surface area contributed by atoms with Crippen LogP contribution in [-0.4, -0.2) is 50.2 Å². The second-order valence-corrected chi connectivity index (χ2v) is 7.18. The normalized spacial score (nSPS) is 14.4. The molecule has 0 bridgehead atoms. The van der Waals surface area contributed by atoms with Gasteiger partial charge < -0.3 is 19.3 Å². The summed E-state index contributed by atoms with van der Waals surface area (Å²) in [5, 5.41) is 0.384. The molecule has 2 aromatic carbocycles. The molecule has 0 atom stereocenters. The van der Waals surface area contributed by atoms with Crippen molar-refractivity contribution in [1.82, 2.24) is 4.90 Å². The highest BCUT2D eigenvalue weighted by molar-refractivity contribution is 6.32. The molecule has 6 heteroatoms. The molecule has 3 rings (SSSR count). The SMILES string of the molecule is COc1cc(C(=O)N2CCN(c3ccccc3)CC2)cc(Cl)c1OC(C)C. The summed E-state index contributed by atoms with van der Waals surface area (Å²) < 4.78 is 11.1. The molecule has 0 aliphatic carbocycles. The summed E-state index contributed by atoms with van der Waals surface area (Å²) in [7, 11) is 1.55. The maximum atomic E-state index is 12.9. The molecule has 0 spiro atoms. The number of nitrogens with zero attached hydrogens (tertiary/aromatic N) is 2. The highest BCUT2D eigenvalue weighted by Gasteiger charge is 2.24. The van der Waals surface area contributed by atoms with Crippen molar-refractivity contribution in [3.05, 3.63) is 53.1 Å². The van der Waals surface area contributed by atoms with Gasteiger partial charge in [0.15, 0.2) is 11.5 Å². The minimum absolute atomic E-state index is 0.0379. The quantitative estimate of drug-likeness (QED) is 0.773. The van der Waals surface area contributed by atoms with Crippen LogP contribution in [0.3, 0.4) is 0 Å². The van der Waals surface area contributed by atoms with Gasteiger partial charge in [-0.3, -0.25) is 4.79 Å². The Hall–Kier alpha value is -2.40. The van der Waals surface area contributed by atoms with Crippen molar-refractivity contribution in [3.8, 4) is 11.5 Å². The van der Waals surface area contributed by atoms with Crippen LogP contribution in [0.25, 0.3) is 0 Å². The smallest absolute Gasteiger partial charge is 0.254 e. The summed E-state index contributed by atoms with van der Waals surface area (Å²) in [6.07, 6.45) is -0.0379. The molecule has 1 aliphatic rings. The van der Waals surface area contributed by atoms with E-state index in [-0.39, 0.29) is 12.0 Å². The van der Waals surface area contributed by atoms with Crippen LogP contribution in [0.1, 0.15) is 24.2 Å². The maximum Gasteiger partial charge on any atom is 0.254 e. The van der Waals surface area contributed by atoms with Crippen LogP contribution in [0, 0.1) is 0 Å². The second-order valence-electron chi connectivity index (χ2n) is 6.77. The molecule has 0 N–H and O–H groups in total. The number of anilines is 1. The van der Waals surface area contributed by atoms with Crippen molar-refractivity contribution in [2.45, 2.75) is 20.0 Å². The Balaban J connectivity index is 1.72. The number of piperazine rings is 1. The molecule has 27 heavy (non-hydrogen) atoms. The fourth-order valence-corrected chi connectivity index (χ4v) is 3.44. The predicted molar refractivity (Wildman–Crippen MR) is 108 cm³/mol. The third-order valence-electron chi connectivity index (χ3n) is 4.52. The van der Waals surface area contributed by atoms with E-state index in [1.165, 1.54) is 5.69 Å². The fourth-order valence-electron chi connectivity index (χ4n) is 3.18. The third-order valence-corrected chi connectivity index (χ3v) is 4.80. The van der Waals surface area contributed by atoms with Gasteiger partial charge in [-0.15, -0.1) is 0 Å². The zero-order valence-corrected chi connectivity index (χ0v) is 16.7. The highest BCUT2D eigenvalue weighted by atomic mass is 35.5. The third kappa shape index (κ3) is 4.48. The van der Waals surface area contributed by atoms with E-state index in [1.54, 1.807) is 19.2 Å². The van der Waals surface area contributed by atoms with Gasteiger partial charge in [-0.05, 0) is 38.1 Å². The minimum atomic E-state index is -0.0426. The van der Waals surface area contributed by atoms with Crippen LogP contribution in [0.4, 0.5) is 5.69 Å². The van der Waals surface area contributed by atoms with E-state index >= 15 is 0 Å². The lowest BCUT2D eigenvalue weighted by atomic mass is 10.1. The minimum Gasteiger partial charge on any atom is -0.493 e. The van der Waals surface area contributed by atoms with Crippen LogP contribution >= 0.6 is 11.6 Å². The molecular formula is C21H25ClN2O3. The molecule has 1 aliphatic heterocycles. The molecule has 144 valence electrons. The van der Waals surface area contributed by atoms with Crippen molar-refractivity contribution in [1.29, 1.82) is 0 Å². The van der Waals surface area contributed by atoms with Gasteiger partial charge in [-0.2, -0.15) is 0 Å². The average Bonchev–Trinajstić information content (AvgIpc) is 2.69. The maximum absolute atomic E-state index is 12.9. The molecule has 1 saturated heterocycles. The second kappa shape index (κ2) is 8.53. The molecule has 0 unspecified atom stereocenters. The Morgan fingerprint density at radius 3 is 2.33 bits per heavy atom. The van der Waals surface area contributed by atoms with Gasteiger partial charge in [0.05, 0.1) is 18.2 Å². The van der Waals surface area contributed by atoms with Gasteiger partial charge in [0.2, 0.25) is 0 Å². The number of halogens is 1. The lowest BCUT2D eigenvalue weighted by molar-refractivity contribution is 0.0746. The highest BCUT2D eigenvalue weighted by Crippen LogP contribution is 2.37. The van der Waals surface area contributed by atoms with Gasteiger partial charge in [-0.1, -0.05) is 29.8 Å². The summed E-state index contributed by atoms with van der Waals surface area (Å²) in [5.41, 5.74) is 1.70. The number of carbonyl (C=O) groups is 1. The Bertz CT molecular complexity index is 788. The number of methoxy groups -OCH3 is 1. The Morgan fingerprint density at radius 1 is 1.07 bits per heavy atom. The van der Waals surface area contributed by atoms with Gasteiger partial charge in [0.25, 0.3) is 5.91 Å². The molecule has 5 nitrogen and oxygen atoms in total. The van der Waals surface area contributed by atoms with Gasteiger partial charge in [0, 0.05) is 37.4 Å². The van der Waals surface area contributed by atoms with Crippen molar-refractivity contribution >= 4 is 23.2 Å². The number of benzene rings is 2. The summed E-state index contributed by atoms with van der Waals surface area (Å²) in [6, 6.07) is 13.6. The van der Waals surface area contributed by atoms with Gasteiger partial charge in [0.1, 0.15) is 0 Å². The topological polar surface area (TPSA) is 42.0 Å². The molecule has 0 saturated carbocycles. The first-order valence-corrected chi connectivity index (χ1v) is 9.51. The Morgan fingerprint density at radius 2 is 1.74 bits per heavy atom. The molecule has 2 aromatic rings. The molecule has 0 radical (unpaired) electrons. The van der Waals surface area contributed by atoms with E-state index in [0.29, 0.717) is 35.2 Å². The van der Waals surface area contributed by atoms with Crippen molar-refractivity contribution in [2.75, 3.05) is 38.2 Å². The summed E-state index contributed by atoms with van der Waals surface area (Å²) in [5.74, 6) is 0.904. The molecule has 1 amide bonds.